The van der Waals surface area contributed by atoms with E-state index in [4.69, 9.17) is 0 Å². The van der Waals surface area contributed by atoms with E-state index in [0.717, 1.165) is 26.1 Å². The van der Waals surface area contributed by atoms with Crippen molar-refractivity contribution in [3.8, 4) is 0 Å². The second-order valence-electron chi connectivity index (χ2n) is 6.76. The average molecular weight is 290 g/mol. The SMILES string of the molecule is CCC(C)(CO)CNC1CCCN(Cc2ccccc2)C1. The van der Waals surface area contributed by atoms with Gasteiger partial charge in [0, 0.05) is 37.7 Å². The number of likely N-dealkylation sites (tertiary alicyclic amines) is 1. The molecule has 0 aliphatic carbocycles. The van der Waals surface area contributed by atoms with Gasteiger partial charge in [0.25, 0.3) is 0 Å². The molecule has 0 radical (unpaired) electrons. The highest BCUT2D eigenvalue weighted by atomic mass is 16.3. The largest absolute Gasteiger partial charge is 0.396 e. The predicted octanol–water partition coefficient (Wildman–Crippen LogP) is 2.65. The van der Waals surface area contributed by atoms with Gasteiger partial charge < -0.3 is 10.4 Å². The lowest BCUT2D eigenvalue weighted by molar-refractivity contribution is 0.119. The van der Waals surface area contributed by atoms with Crippen molar-refractivity contribution in [2.24, 2.45) is 5.41 Å². The topological polar surface area (TPSA) is 35.5 Å². The molecule has 3 nitrogen and oxygen atoms in total. The molecule has 1 aliphatic heterocycles. The Labute approximate surface area is 129 Å². The molecule has 0 amide bonds. The molecule has 2 N–H and O–H groups in total. The zero-order chi connectivity index (χ0) is 15.1. The smallest absolute Gasteiger partial charge is 0.0496 e. The quantitative estimate of drug-likeness (QED) is 0.810. The first kappa shape index (κ1) is 16.5. The number of piperidine rings is 1. The third-order valence-electron chi connectivity index (χ3n) is 4.81. The van der Waals surface area contributed by atoms with Gasteiger partial charge in [0.1, 0.15) is 0 Å². The van der Waals surface area contributed by atoms with E-state index < -0.39 is 0 Å². The van der Waals surface area contributed by atoms with E-state index in [2.05, 4.69) is 54.4 Å². The zero-order valence-electron chi connectivity index (χ0n) is 13.5. The van der Waals surface area contributed by atoms with Crippen LogP contribution in [0.15, 0.2) is 30.3 Å². The van der Waals surface area contributed by atoms with Crippen molar-refractivity contribution in [3.63, 3.8) is 0 Å². The Hall–Kier alpha value is -0.900. The Balaban J connectivity index is 1.81. The van der Waals surface area contributed by atoms with E-state index in [1.54, 1.807) is 0 Å². The molecule has 0 spiro atoms. The molecule has 2 atom stereocenters. The second kappa shape index (κ2) is 7.92. The van der Waals surface area contributed by atoms with Gasteiger partial charge in [-0.25, -0.2) is 0 Å². The molecule has 0 bridgehead atoms. The maximum atomic E-state index is 9.51. The summed E-state index contributed by atoms with van der Waals surface area (Å²) in [7, 11) is 0. The van der Waals surface area contributed by atoms with Crippen molar-refractivity contribution in [1.29, 1.82) is 0 Å². The highest BCUT2D eigenvalue weighted by Crippen LogP contribution is 2.20. The normalized spacial score (nSPS) is 22.9. The first-order valence-electron chi connectivity index (χ1n) is 8.26. The van der Waals surface area contributed by atoms with Crippen LogP contribution in [0, 0.1) is 5.41 Å². The molecule has 1 aromatic carbocycles. The maximum Gasteiger partial charge on any atom is 0.0496 e. The summed E-state index contributed by atoms with van der Waals surface area (Å²) in [4.78, 5) is 2.54. The predicted molar refractivity (Wildman–Crippen MR) is 88.2 cm³/mol. The van der Waals surface area contributed by atoms with Gasteiger partial charge in [-0.1, -0.05) is 44.2 Å². The van der Waals surface area contributed by atoms with E-state index >= 15 is 0 Å². The Morgan fingerprint density at radius 1 is 1.33 bits per heavy atom. The Morgan fingerprint density at radius 3 is 2.76 bits per heavy atom. The lowest BCUT2D eigenvalue weighted by atomic mass is 9.88. The summed E-state index contributed by atoms with van der Waals surface area (Å²) >= 11 is 0. The van der Waals surface area contributed by atoms with E-state index in [-0.39, 0.29) is 12.0 Å². The highest BCUT2D eigenvalue weighted by molar-refractivity contribution is 5.14. The summed E-state index contributed by atoms with van der Waals surface area (Å²) in [6.07, 6.45) is 3.51. The van der Waals surface area contributed by atoms with Gasteiger partial charge in [-0.05, 0) is 31.4 Å². The Morgan fingerprint density at radius 2 is 2.10 bits per heavy atom. The molecule has 2 rings (SSSR count). The molecular weight excluding hydrogens is 260 g/mol. The van der Waals surface area contributed by atoms with Crippen molar-refractivity contribution in [2.45, 2.75) is 45.7 Å². The summed E-state index contributed by atoms with van der Waals surface area (Å²) in [5, 5.41) is 13.2. The number of aliphatic hydroxyl groups excluding tert-OH is 1. The van der Waals surface area contributed by atoms with Crippen molar-refractivity contribution in [3.05, 3.63) is 35.9 Å². The monoisotopic (exact) mass is 290 g/mol. The summed E-state index contributed by atoms with van der Waals surface area (Å²) in [5.41, 5.74) is 1.41. The lowest BCUT2D eigenvalue weighted by Crippen LogP contribution is -2.48. The molecule has 1 heterocycles. The van der Waals surface area contributed by atoms with Crippen molar-refractivity contribution in [1.82, 2.24) is 10.2 Å². The molecular formula is C18H30N2O. The molecule has 1 fully saturated rings. The molecule has 2 unspecified atom stereocenters. The average Bonchev–Trinajstić information content (AvgIpc) is 2.54. The van der Waals surface area contributed by atoms with Crippen LogP contribution in [0.2, 0.25) is 0 Å². The Bertz CT molecular complexity index is 403. The molecule has 1 saturated heterocycles. The molecule has 3 heteroatoms. The number of benzene rings is 1. The van der Waals surface area contributed by atoms with Gasteiger partial charge in [0.05, 0.1) is 0 Å². The van der Waals surface area contributed by atoms with E-state index in [1.165, 1.54) is 24.9 Å². The van der Waals surface area contributed by atoms with Crippen LogP contribution in [0.4, 0.5) is 0 Å². The number of hydrogen-bond donors (Lipinski definition) is 2. The third-order valence-corrected chi connectivity index (χ3v) is 4.81. The lowest BCUT2D eigenvalue weighted by Gasteiger charge is -2.36. The van der Waals surface area contributed by atoms with Crippen LogP contribution < -0.4 is 5.32 Å². The standard InChI is InChI=1S/C18H30N2O/c1-3-18(2,15-21)14-19-17-10-7-11-20(13-17)12-16-8-5-4-6-9-16/h4-6,8-9,17,19,21H,3,7,10-15H2,1-2H3. The molecule has 0 aromatic heterocycles. The molecule has 1 aromatic rings. The number of nitrogens with zero attached hydrogens (tertiary/aromatic N) is 1. The summed E-state index contributed by atoms with van der Waals surface area (Å²) in [6, 6.07) is 11.3. The van der Waals surface area contributed by atoms with Crippen LogP contribution in [-0.2, 0) is 6.54 Å². The molecule has 0 saturated carbocycles. The molecule has 118 valence electrons. The first-order chi connectivity index (χ1) is 10.1. The number of nitrogens with one attached hydrogen (secondary N) is 1. The minimum absolute atomic E-state index is 0.0156. The van der Waals surface area contributed by atoms with E-state index in [9.17, 15) is 5.11 Å². The van der Waals surface area contributed by atoms with Crippen LogP contribution >= 0.6 is 0 Å². The first-order valence-corrected chi connectivity index (χ1v) is 8.26. The number of rotatable bonds is 7. The zero-order valence-corrected chi connectivity index (χ0v) is 13.5. The van der Waals surface area contributed by atoms with Gasteiger partial charge in [-0.3, -0.25) is 4.90 Å². The maximum absolute atomic E-state index is 9.51. The van der Waals surface area contributed by atoms with Crippen LogP contribution in [0.5, 0.6) is 0 Å². The summed E-state index contributed by atoms with van der Waals surface area (Å²) in [5.74, 6) is 0. The van der Waals surface area contributed by atoms with Crippen LogP contribution in [0.1, 0.15) is 38.7 Å². The van der Waals surface area contributed by atoms with Gasteiger partial charge in [0.2, 0.25) is 0 Å². The minimum atomic E-state index is 0.0156. The summed E-state index contributed by atoms with van der Waals surface area (Å²) < 4.78 is 0. The second-order valence-corrected chi connectivity index (χ2v) is 6.76. The van der Waals surface area contributed by atoms with Crippen LogP contribution in [-0.4, -0.2) is 42.3 Å². The molecule has 21 heavy (non-hydrogen) atoms. The third kappa shape index (κ3) is 5.10. The van der Waals surface area contributed by atoms with Crippen LogP contribution in [0.3, 0.4) is 0 Å². The van der Waals surface area contributed by atoms with Crippen LogP contribution in [0.25, 0.3) is 0 Å². The van der Waals surface area contributed by atoms with Gasteiger partial charge in [0.15, 0.2) is 0 Å². The Kier molecular flexibility index (Phi) is 6.22. The fourth-order valence-electron chi connectivity index (χ4n) is 2.89. The minimum Gasteiger partial charge on any atom is -0.396 e. The van der Waals surface area contributed by atoms with Crippen molar-refractivity contribution < 1.29 is 5.11 Å². The van der Waals surface area contributed by atoms with Crippen molar-refractivity contribution in [2.75, 3.05) is 26.2 Å². The van der Waals surface area contributed by atoms with Gasteiger partial charge in [-0.15, -0.1) is 0 Å². The van der Waals surface area contributed by atoms with Gasteiger partial charge in [-0.2, -0.15) is 0 Å². The van der Waals surface area contributed by atoms with Crippen molar-refractivity contribution >= 4 is 0 Å². The fourth-order valence-corrected chi connectivity index (χ4v) is 2.89. The number of hydrogen-bond acceptors (Lipinski definition) is 3. The van der Waals surface area contributed by atoms with E-state index in [0.29, 0.717) is 6.04 Å². The molecule has 1 aliphatic rings. The number of aliphatic hydroxyl groups is 1. The highest BCUT2D eigenvalue weighted by Gasteiger charge is 2.25. The van der Waals surface area contributed by atoms with E-state index in [1.807, 2.05) is 0 Å². The summed E-state index contributed by atoms with van der Waals surface area (Å²) in [6.45, 7) is 8.83. The fraction of sp³-hybridized carbons (Fsp3) is 0.667. The van der Waals surface area contributed by atoms with Gasteiger partial charge >= 0.3 is 0 Å².